The average Bonchev–Trinajstić information content (AvgIpc) is 2.42. The van der Waals surface area contributed by atoms with E-state index in [4.69, 9.17) is 0 Å². The van der Waals surface area contributed by atoms with Gasteiger partial charge < -0.3 is 0 Å². The minimum atomic E-state index is 0.603. The van der Waals surface area contributed by atoms with Gasteiger partial charge in [0, 0.05) is 5.92 Å². The minimum absolute atomic E-state index is 0.603. The summed E-state index contributed by atoms with van der Waals surface area (Å²) in [6, 6.07) is 24.2. The van der Waals surface area contributed by atoms with Crippen LogP contribution in [0.1, 0.15) is 22.6 Å². The quantitative estimate of drug-likeness (QED) is 0.576. The molecule has 0 nitrogen and oxygen atoms in total. The molecule has 1 aliphatic carbocycles. The second-order valence-corrected chi connectivity index (χ2v) is 5.07. The maximum atomic E-state index is 2.37. The van der Waals surface area contributed by atoms with Crippen LogP contribution >= 0.6 is 0 Å². The van der Waals surface area contributed by atoms with Crippen LogP contribution in [0.4, 0.5) is 0 Å². The molecule has 0 aromatic heterocycles. The first-order valence-corrected chi connectivity index (χ1v) is 6.48. The Kier molecular flexibility index (Phi) is 2.04. The molecule has 86 valence electrons. The van der Waals surface area contributed by atoms with Gasteiger partial charge in [0.25, 0.3) is 0 Å². The average molecular weight is 230 g/mol. The van der Waals surface area contributed by atoms with Crippen molar-refractivity contribution in [2.45, 2.75) is 12.3 Å². The fourth-order valence-corrected chi connectivity index (χ4v) is 2.99. The SMILES string of the molecule is c1ccc(C2Cc3cc4ccccc4cc32)cc1. The molecule has 3 aromatic carbocycles. The summed E-state index contributed by atoms with van der Waals surface area (Å²) in [5.41, 5.74) is 4.47. The predicted octanol–water partition coefficient (Wildman–Crippen LogP) is 4.53. The highest BCUT2D eigenvalue weighted by Crippen LogP contribution is 2.41. The molecule has 0 aliphatic heterocycles. The smallest absolute Gasteiger partial charge is 0.0133 e. The summed E-state index contributed by atoms with van der Waals surface area (Å²) < 4.78 is 0. The number of fused-ring (bicyclic) bond motifs is 2. The van der Waals surface area contributed by atoms with Crippen LogP contribution in [-0.2, 0) is 6.42 Å². The van der Waals surface area contributed by atoms with Crippen molar-refractivity contribution in [2.75, 3.05) is 0 Å². The van der Waals surface area contributed by atoms with E-state index in [1.807, 2.05) is 0 Å². The lowest BCUT2D eigenvalue weighted by molar-refractivity contribution is 0.711. The summed E-state index contributed by atoms with van der Waals surface area (Å²) in [6.07, 6.45) is 1.18. The maximum Gasteiger partial charge on any atom is 0.0133 e. The normalized spacial score (nSPS) is 17.2. The summed E-state index contributed by atoms with van der Waals surface area (Å²) in [6.45, 7) is 0. The van der Waals surface area contributed by atoms with Crippen molar-refractivity contribution in [1.29, 1.82) is 0 Å². The van der Waals surface area contributed by atoms with Crippen molar-refractivity contribution in [3.8, 4) is 0 Å². The maximum absolute atomic E-state index is 2.37. The van der Waals surface area contributed by atoms with Gasteiger partial charge in [0.05, 0.1) is 0 Å². The van der Waals surface area contributed by atoms with Gasteiger partial charge >= 0.3 is 0 Å². The number of rotatable bonds is 1. The van der Waals surface area contributed by atoms with Crippen molar-refractivity contribution in [1.82, 2.24) is 0 Å². The van der Waals surface area contributed by atoms with Crippen molar-refractivity contribution >= 4 is 10.8 Å². The van der Waals surface area contributed by atoms with E-state index in [-0.39, 0.29) is 0 Å². The highest BCUT2D eigenvalue weighted by Gasteiger charge is 2.27. The van der Waals surface area contributed by atoms with E-state index < -0.39 is 0 Å². The largest absolute Gasteiger partial charge is 0.0622 e. The molecule has 0 bridgehead atoms. The topological polar surface area (TPSA) is 0 Å². The minimum Gasteiger partial charge on any atom is -0.0622 e. The molecule has 0 radical (unpaired) electrons. The van der Waals surface area contributed by atoms with Gasteiger partial charge in [0.1, 0.15) is 0 Å². The third kappa shape index (κ3) is 1.39. The zero-order chi connectivity index (χ0) is 11.9. The van der Waals surface area contributed by atoms with Gasteiger partial charge in [-0.05, 0) is 33.9 Å². The second-order valence-electron chi connectivity index (χ2n) is 5.07. The Morgan fingerprint density at radius 1 is 0.722 bits per heavy atom. The van der Waals surface area contributed by atoms with Gasteiger partial charge in [-0.15, -0.1) is 0 Å². The van der Waals surface area contributed by atoms with E-state index in [9.17, 15) is 0 Å². The van der Waals surface area contributed by atoms with Crippen LogP contribution in [0, 0.1) is 0 Å². The van der Waals surface area contributed by atoms with Crippen molar-refractivity contribution in [2.24, 2.45) is 0 Å². The van der Waals surface area contributed by atoms with Crippen LogP contribution in [0.15, 0.2) is 66.7 Å². The highest BCUT2D eigenvalue weighted by atomic mass is 14.3. The van der Waals surface area contributed by atoms with E-state index >= 15 is 0 Å². The van der Waals surface area contributed by atoms with E-state index in [2.05, 4.69) is 66.7 Å². The number of hydrogen-bond acceptors (Lipinski definition) is 0. The third-order valence-corrected chi connectivity index (χ3v) is 4.01. The molecule has 0 heterocycles. The van der Waals surface area contributed by atoms with Crippen molar-refractivity contribution in [3.05, 3.63) is 83.4 Å². The van der Waals surface area contributed by atoms with E-state index in [0.717, 1.165) is 0 Å². The van der Waals surface area contributed by atoms with Gasteiger partial charge in [-0.3, -0.25) is 0 Å². The molecule has 0 heteroatoms. The highest BCUT2D eigenvalue weighted by molar-refractivity contribution is 5.85. The number of hydrogen-bond donors (Lipinski definition) is 0. The zero-order valence-corrected chi connectivity index (χ0v) is 10.1. The molecule has 0 saturated heterocycles. The molecule has 0 amide bonds. The van der Waals surface area contributed by atoms with Crippen LogP contribution in [-0.4, -0.2) is 0 Å². The lowest BCUT2D eigenvalue weighted by Gasteiger charge is -2.31. The molecular weight excluding hydrogens is 216 g/mol. The summed E-state index contributed by atoms with van der Waals surface area (Å²) in [5.74, 6) is 0.603. The Hall–Kier alpha value is -2.08. The molecular formula is C18H14. The summed E-state index contributed by atoms with van der Waals surface area (Å²) in [7, 11) is 0. The summed E-state index contributed by atoms with van der Waals surface area (Å²) in [4.78, 5) is 0. The molecule has 1 atom stereocenters. The first-order valence-electron chi connectivity index (χ1n) is 6.48. The van der Waals surface area contributed by atoms with Gasteiger partial charge in [-0.2, -0.15) is 0 Å². The Morgan fingerprint density at radius 2 is 1.39 bits per heavy atom. The Bertz CT molecular complexity index is 710. The van der Waals surface area contributed by atoms with Crippen LogP contribution in [0.3, 0.4) is 0 Å². The molecule has 0 spiro atoms. The monoisotopic (exact) mass is 230 g/mol. The predicted molar refractivity (Wildman–Crippen MR) is 75.9 cm³/mol. The van der Waals surface area contributed by atoms with E-state index in [1.54, 1.807) is 0 Å². The lowest BCUT2D eigenvalue weighted by Crippen LogP contribution is -2.18. The van der Waals surface area contributed by atoms with Gasteiger partial charge in [0.2, 0.25) is 0 Å². The van der Waals surface area contributed by atoms with E-state index in [1.165, 1.54) is 33.9 Å². The fraction of sp³-hybridized carbons (Fsp3) is 0.111. The Labute approximate surface area is 107 Å². The zero-order valence-electron chi connectivity index (χ0n) is 10.1. The van der Waals surface area contributed by atoms with Gasteiger partial charge in [-0.25, -0.2) is 0 Å². The summed E-state index contributed by atoms with van der Waals surface area (Å²) >= 11 is 0. The third-order valence-electron chi connectivity index (χ3n) is 4.01. The van der Waals surface area contributed by atoms with Crippen LogP contribution in [0.2, 0.25) is 0 Å². The van der Waals surface area contributed by atoms with Gasteiger partial charge in [0.15, 0.2) is 0 Å². The first kappa shape index (κ1) is 9.90. The first-order chi connectivity index (χ1) is 8.92. The van der Waals surface area contributed by atoms with Crippen molar-refractivity contribution < 1.29 is 0 Å². The molecule has 4 rings (SSSR count). The van der Waals surface area contributed by atoms with Crippen LogP contribution in [0.5, 0.6) is 0 Å². The Morgan fingerprint density at radius 3 is 2.17 bits per heavy atom. The Balaban J connectivity index is 1.84. The fourth-order valence-electron chi connectivity index (χ4n) is 2.99. The second kappa shape index (κ2) is 3.71. The van der Waals surface area contributed by atoms with Crippen molar-refractivity contribution in [3.63, 3.8) is 0 Å². The van der Waals surface area contributed by atoms with E-state index in [0.29, 0.717) is 5.92 Å². The van der Waals surface area contributed by atoms with Crippen LogP contribution < -0.4 is 0 Å². The van der Waals surface area contributed by atoms with Gasteiger partial charge in [-0.1, -0.05) is 66.7 Å². The standard InChI is InChI=1S/C18H14/c1-2-6-13(7-3-1)17-12-16-10-14-8-4-5-9-15(14)11-18(16)17/h1-11,17H,12H2. The molecule has 3 aromatic rings. The molecule has 18 heavy (non-hydrogen) atoms. The van der Waals surface area contributed by atoms with Crippen LogP contribution in [0.25, 0.3) is 10.8 Å². The molecule has 1 unspecified atom stereocenters. The lowest BCUT2D eigenvalue weighted by atomic mass is 9.73. The number of benzene rings is 3. The molecule has 1 aliphatic rings. The molecule has 0 fully saturated rings. The summed E-state index contributed by atoms with van der Waals surface area (Å²) in [5, 5.41) is 2.72. The molecule has 0 saturated carbocycles. The molecule has 0 N–H and O–H groups in total.